The van der Waals surface area contributed by atoms with E-state index >= 15 is 0 Å². The molecule has 0 heterocycles. The molecule has 0 aliphatic rings. The Morgan fingerprint density at radius 1 is 1.22 bits per heavy atom. The number of halogens is 3. The average Bonchev–Trinajstić information content (AvgIpc) is 2.49. The van der Waals surface area contributed by atoms with Crippen LogP contribution in [0.2, 0.25) is 0 Å². The summed E-state index contributed by atoms with van der Waals surface area (Å²) >= 11 is 0. The predicted octanol–water partition coefficient (Wildman–Crippen LogP) is 1.86. The van der Waals surface area contributed by atoms with E-state index in [0.717, 1.165) is 0 Å². The van der Waals surface area contributed by atoms with Gasteiger partial charge in [0.05, 0.1) is 5.92 Å². The first kappa shape index (κ1) is 19.0. The third-order valence-electron chi connectivity index (χ3n) is 3.78. The number of aliphatic carboxylic acids is 1. The number of benzene rings is 1. The minimum atomic E-state index is -4.56. The number of carbonyl (C=O) groups excluding carboxylic acids is 2. The standard InChI is InChI=1S/C16H20F3NO3/c1-3-12(11-7-5-4-6-8-11)13(10(2)15(22)23)14(21)20-9-16(17,18)19/h4-8,10,12-13H,3,9H2,1-2H3,(H,20,21)(H,22,23)/p-1. The van der Waals surface area contributed by atoms with E-state index in [2.05, 4.69) is 0 Å². The maximum Gasteiger partial charge on any atom is 0.405 e. The Hall–Kier alpha value is -2.05. The van der Waals surface area contributed by atoms with E-state index in [0.29, 0.717) is 12.0 Å². The van der Waals surface area contributed by atoms with Gasteiger partial charge in [-0.3, -0.25) is 4.79 Å². The first-order chi connectivity index (χ1) is 10.7. The lowest BCUT2D eigenvalue weighted by atomic mass is 9.76. The molecule has 23 heavy (non-hydrogen) atoms. The van der Waals surface area contributed by atoms with Gasteiger partial charge in [0.1, 0.15) is 6.54 Å². The van der Waals surface area contributed by atoms with E-state index in [-0.39, 0.29) is 0 Å². The van der Waals surface area contributed by atoms with Crippen molar-refractivity contribution in [2.24, 2.45) is 11.8 Å². The van der Waals surface area contributed by atoms with Gasteiger partial charge >= 0.3 is 6.18 Å². The van der Waals surface area contributed by atoms with Crippen molar-refractivity contribution in [3.8, 4) is 0 Å². The van der Waals surface area contributed by atoms with E-state index in [4.69, 9.17) is 0 Å². The Morgan fingerprint density at radius 2 is 1.78 bits per heavy atom. The Kier molecular flexibility index (Phi) is 6.60. The highest BCUT2D eigenvalue weighted by Gasteiger charge is 2.36. The normalized spacial score (nSPS) is 15.5. The van der Waals surface area contributed by atoms with Crippen LogP contribution < -0.4 is 10.4 Å². The summed E-state index contributed by atoms with van der Waals surface area (Å²) in [5, 5.41) is 13.0. The number of hydrogen-bond donors (Lipinski definition) is 1. The lowest BCUT2D eigenvalue weighted by Crippen LogP contribution is -2.46. The maximum atomic E-state index is 12.3. The van der Waals surface area contributed by atoms with E-state index in [1.54, 1.807) is 42.6 Å². The smallest absolute Gasteiger partial charge is 0.405 e. The molecule has 1 aromatic rings. The average molecular weight is 330 g/mol. The first-order valence-electron chi connectivity index (χ1n) is 7.27. The summed E-state index contributed by atoms with van der Waals surface area (Å²) < 4.78 is 36.9. The van der Waals surface area contributed by atoms with Gasteiger partial charge < -0.3 is 15.2 Å². The lowest BCUT2D eigenvalue weighted by Gasteiger charge is -2.31. The summed E-state index contributed by atoms with van der Waals surface area (Å²) in [5.41, 5.74) is 0.704. The fourth-order valence-electron chi connectivity index (χ4n) is 2.61. The van der Waals surface area contributed by atoms with Crippen molar-refractivity contribution in [3.05, 3.63) is 35.9 Å². The largest absolute Gasteiger partial charge is 0.550 e. The molecule has 7 heteroatoms. The molecular formula is C16H19F3NO3-. The van der Waals surface area contributed by atoms with Crippen LogP contribution in [0, 0.1) is 11.8 Å². The van der Waals surface area contributed by atoms with Crippen LogP contribution >= 0.6 is 0 Å². The van der Waals surface area contributed by atoms with Crippen LogP contribution in [0.1, 0.15) is 31.7 Å². The molecule has 3 atom stereocenters. The van der Waals surface area contributed by atoms with E-state index in [1.165, 1.54) is 6.92 Å². The molecule has 0 bridgehead atoms. The van der Waals surface area contributed by atoms with Crippen LogP contribution in [-0.2, 0) is 9.59 Å². The highest BCUT2D eigenvalue weighted by molar-refractivity contribution is 5.85. The highest BCUT2D eigenvalue weighted by atomic mass is 19.4. The van der Waals surface area contributed by atoms with Gasteiger partial charge in [0.15, 0.2) is 0 Å². The monoisotopic (exact) mass is 330 g/mol. The SMILES string of the molecule is CCC(c1ccccc1)C(C(=O)NCC(F)(F)F)C(C)C(=O)[O-]. The van der Waals surface area contributed by atoms with Crippen molar-refractivity contribution in [2.45, 2.75) is 32.4 Å². The maximum absolute atomic E-state index is 12.3. The summed E-state index contributed by atoms with van der Waals surface area (Å²) in [7, 11) is 0. The molecular weight excluding hydrogens is 311 g/mol. The Balaban J connectivity index is 3.08. The van der Waals surface area contributed by atoms with E-state index in [1.807, 2.05) is 0 Å². The van der Waals surface area contributed by atoms with Crippen LogP contribution in [0.5, 0.6) is 0 Å². The van der Waals surface area contributed by atoms with Crippen molar-refractivity contribution >= 4 is 11.9 Å². The van der Waals surface area contributed by atoms with Gasteiger partial charge in [-0.2, -0.15) is 13.2 Å². The van der Waals surface area contributed by atoms with E-state index < -0.39 is 42.4 Å². The van der Waals surface area contributed by atoms with Gasteiger partial charge in [0.2, 0.25) is 5.91 Å². The minimum Gasteiger partial charge on any atom is -0.550 e. The Labute approximate surface area is 132 Å². The Morgan fingerprint density at radius 3 is 2.22 bits per heavy atom. The van der Waals surface area contributed by atoms with Gasteiger partial charge in [-0.25, -0.2) is 0 Å². The molecule has 0 spiro atoms. The number of amides is 1. The van der Waals surface area contributed by atoms with Crippen molar-refractivity contribution in [3.63, 3.8) is 0 Å². The first-order valence-corrected chi connectivity index (χ1v) is 7.27. The molecule has 0 aromatic heterocycles. The molecule has 0 fully saturated rings. The summed E-state index contributed by atoms with van der Waals surface area (Å²) in [6.45, 7) is 1.54. The highest BCUT2D eigenvalue weighted by Crippen LogP contribution is 2.33. The van der Waals surface area contributed by atoms with Crippen molar-refractivity contribution in [2.75, 3.05) is 6.54 Å². The third kappa shape index (κ3) is 5.58. The second-order valence-corrected chi connectivity index (χ2v) is 5.39. The van der Waals surface area contributed by atoms with Crippen LogP contribution in [-0.4, -0.2) is 24.6 Å². The number of carboxylic acids is 1. The zero-order valence-electron chi connectivity index (χ0n) is 12.9. The number of rotatable bonds is 7. The van der Waals surface area contributed by atoms with Crippen LogP contribution in [0.3, 0.4) is 0 Å². The molecule has 0 saturated carbocycles. The number of carboxylic acid groups (broad SMARTS) is 1. The van der Waals surface area contributed by atoms with Crippen molar-refractivity contribution in [1.29, 1.82) is 0 Å². The Bertz CT molecular complexity index is 531. The number of nitrogens with one attached hydrogen (secondary N) is 1. The van der Waals surface area contributed by atoms with Gasteiger partial charge in [0.25, 0.3) is 0 Å². The summed E-state index contributed by atoms with van der Waals surface area (Å²) in [5.74, 6) is -5.28. The van der Waals surface area contributed by atoms with Crippen molar-refractivity contribution < 1.29 is 27.9 Å². The molecule has 0 aliphatic carbocycles. The molecule has 4 nitrogen and oxygen atoms in total. The second-order valence-electron chi connectivity index (χ2n) is 5.39. The molecule has 1 amide bonds. The fourth-order valence-corrected chi connectivity index (χ4v) is 2.61. The van der Waals surface area contributed by atoms with Gasteiger partial charge in [0, 0.05) is 11.9 Å². The van der Waals surface area contributed by atoms with Crippen molar-refractivity contribution in [1.82, 2.24) is 5.32 Å². The zero-order valence-corrected chi connectivity index (χ0v) is 12.9. The van der Waals surface area contributed by atoms with Crippen LogP contribution in [0.4, 0.5) is 13.2 Å². The molecule has 3 unspecified atom stereocenters. The molecule has 1 rings (SSSR count). The summed E-state index contributed by atoms with van der Waals surface area (Å²) in [6.07, 6.45) is -4.15. The summed E-state index contributed by atoms with van der Waals surface area (Å²) in [4.78, 5) is 23.4. The van der Waals surface area contributed by atoms with Crippen LogP contribution in [0.15, 0.2) is 30.3 Å². The van der Waals surface area contributed by atoms with Gasteiger partial charge in [-0.15, -0.1) is 0 Å². The number of hydrogen-bond acceptors (Lipinski definition) is 3. The minimum absolute atomic E-state index is 0.408. The fraction of sp³-hybridized carbons (Fsp3) is 0.500. The second kappa shape index (κ2) is 7.99. The molecule has 0 saturated heterocycles. The molecule has 0 radical (unpaired) electrons. The van der Waals surface area contributed by atoms with E-state index in [9.17, 15) is 27.9 Å². The zero-order chi connectivity index (χ0) is 17.6. The molecule has 1 aromatic carbocycles. The number of carbonyl (C=O) groups is 2. The quantitative estimate of drug-likeness (QED) is 0.830. The van der Waals surface area contributed by atoms with Crippen LogP contribution in [0.25, 0.3) is 0 Å². The number of alkyl halides is 3. The van der Waals surface area contributed by atoms with Gasteiger partial charge in [-0.1, -0.05) is 44.2 Å². The summed E-state index contributed by atoms with van der Waals surface area (Å²) in [6, 6.07) is 8.66. The molecule has 1 N–H and O–H groups in total. The lowest BCUT2D eigenvalue weighted by molar-refractivity contribution is -0.312. The molecule has 0 aliphatic heterocycles. The topological polar surface area (TPSA) is 69.2 Å². The van der Waals surface area contributed by atoms with Gasteiger partial charge in [-0.05, 0) is 17.9 Å². The third-order valence-corrected chi connectivity index (χ3v) is 3.78. The molecule has 128 valence electrons. The predicted molar refractivity (Wildman–Crippen MR) is 76.2 cm³/mol.